The van der Waals surface area contributed by atoms with Crippen molar-refractivity contribution >= 4 is 29.7 Å². The van der Waals surface area contributed by atoms with Crippen molar-refractivity contribution in [2.24, 2.45) is 28.1 Å². The molecule has 0 aliphatic rings. The highest BCUT2D eigenvalue weighted by atomic mass is 16.4. The maximum absolute atomic E-state index is 13.2. The lowest BCUT2D eigenvalue weighted by molar-refractivity contribution is -0.141. The standard InChI is InChI=1S/C24H39N7O5/c1-14(2)12-18(30-20(32)17(25)10-7-11-28-24(26)27)22(34)31-19(13-16-8-5-4-6-9-16)21(33)29-15(3)23(35)36/h4-6,8-9,14-15,17-19H,7,10-13,25H2,1-3H3,(H,29,33)(H,30,32)(H,31,34)(H,35,36)(H4,26,27,28). The molecular weight excluding hydrogens is 466 g/mol. The fourth-order valence-electron chi connectivity index (χ4n) is 3.34. The van der Waals surface area contributed by atoms with Gasteiger partial charge >= 0.3 is 5.97 Å². The highest BCUT2D eigenvalue weighted by Crippen LogP contribution is 2.09. The average molecular weight is 506 g/mol. The normalized spacial score (nSPS) is 14.1. The predicted molar refractivity (Wildman–Crippen MR) is 137 cm³/mol. The van der Waals surface area contributed by atoms with E-state index in [2.05, 4.69) is 20.9 Å². The minimum Gasteiger partial charge on any atom is -0.480 e. The summed E-state index contributed by atoms with van der Waals surface area (Å²) >= 11 is 0. The van der Waals surface area contributed by atoms with E-state index in [-0.39, 0.29) is 18.3 Å². The van der Waals surface area contributed by atoms with Gasteiger partial charge in [0.1, 0.15) is 18.1 Å². The molecule has 0 bridgehead atoms. The summed E-state index contributed by atoms with van der Waals surface area (Å²) in [6.07, 6.45) is 1.24. The van der Waals surface area contributed by atoms with Crippen LogP contribution in [0, 0.1) is 5.92 Å². The van der Waals surface area contributed by atoms with E-state index < -0.39 is 47.9 Å². The van der Waals surface area contributed by atoms with Crippen LogP contribution in [0.2, 0.25) is 0 Å². The zero-order chi connectivity index (χ0) is 27.3. The number of rotatable bonds is 15. The van der Waals surface area contributed by atoms with Crippen molar-refractivity contribution < 1.29 is 24.3 Å². The van der Waals surface area contributed by atoms with E-state index in [1.165, 1.54) is 6.92 Å². The SMILES string of the molecule is CC(C)CC(NC(=O)C(N)CCCN=C(N)N)C(=O)NC(Cc1ccccc1)C(=O)NC(C)C(=O)O. The highest BCUT2D eigenvalue weighted by molar-refractivity contribution is 5.94. The second kappa shape index (κ2) is 15.4. The van der Waals surface area contributed by atoms with Gasteiger partial charge in [0.2, 0.25) is 17.7 Å². The first-order valence-electron chi connectivity index (χ1n) is 11.9. The van der Waals surface area contributed by atoms with Crippen molar-refractivity contribution in [1.82, 2.24) is 16.0 Å². The minimum absolute atomic E-state index is 0.0477. The molecule has 0 aliphatic carbocycles. The lowest BCUT2D eigenvalue weighted by atomic mass is 10.0. The molecule has 4 unspecified atom stereocenters. The summed E-state index contributed by atoms with van der Waals surface area (Å²) in [6, 6.07) is 4.98. The van der Waals surface area contributed by atoms with Crippen molar-refractivity contribution in [3.8, 4) is 0 Å². The second-order valence-corrected chi connectivity index (χ2v) is 9.07. The van der Waals surface area contributed by atoms with Gasteiger partial charge in [0.25, 0.3) is 0 Å². The Balaban J connectivity index is 2.95. The molecule has 0 aliphatic heterocycles. The smallest absolute Gasteiger partial charge is 0.325 e. The number of amides is 3. The zero-order valence-electron chi connectivity index (χ0n) is 21.1. The van der Waals surface area contributed by atoms with Crippen molar-refractivity contribution in [3.05, 3.63) is 35.9 Å². The Bertz CT molecular complexity index is 903. The summed E-state index contributed by atoms with van der Waals surface area (Å²) in [5.74, 6) is -2.92. The molecular formula is C24H39N7O5. The Labute approximate surface area is 211 Å². The molecule has 1 aromatic rings. The van der Waals surface area contributed by atoms with E-state index in [1.54, 1.807) is 24.3 Å². The van der Waals surface area contributed by atoms with Crippen molar-refractivity contribution in [2.75, 3.05) is 6.54 Å². The highest BCUT2D eigenvalue weighted by Gasteiger charge is 2.30. The number of hydrogen-bond acceptors (Lipinski definition) is 6. The third-order valence-corrected chi connectivity index (χ3v) is 5.29. The second-order valence-electron chi connectivity index (χ2n) is 9.07. The van der Waals surface area contributed by atoms with Crippen molar-refractivity contribution in [2.45, 2.75) is 70.6 Å². The first-order valence-corrected chi connectivity index (χ1v) is 11.9. The maximum atomic E-state index is 13.2. The van der Waals surface area contributed by atoms with E-state index in [9.17, 15) is 19.2 Å². The van der Waals surface area contributed by atoms with E-state index in [4.69, 9.17) is 22.3 Å². The Hall–Kier alpha value is -3.67. The molecule has 0 saturated carbocycles. The molecule has 0 saturated heterocycles. The lowest BCUT2D eigenvalue weighted by Crippen LogP contribution is -2.57. The number of carboxylic acids is 1. The van der Waals surface area contributed by atoms with Crippen LogP contribution in [0.25, 0.3) is 0 Å². The Morgan fingerprint density at radius 1 is 0.917 bits per heavy atom. The number of nitrogens with two attached hydrogens (primary N) is 3. The van der Waals surface area contributed by atoms with Crippen molar-refractivity contribution in [1.29, 1.82) is 0 Å². The zero-order valence-corrected chi connectivity index (χ0v) is 21.1. The number of aliphatic carboxylic acids is 1. The number of carbonyl (C=O) groups excluding carboxylic acids is 3. The van der Waals surface area contributed by atoms with Crippen LogP contribution in [0.4, 0.5) is 0 Å². The predicted octanol–water partition coefficient (Wildman–Crippen LogP) is -0.785. The van der Waals surface area contributed by atoms with Gasteiger partial charge in [-0.2, -0.15) is 0 Å². The summed E-state index contributed by atoms with van der Waals surface area (Å²) in [6.45, 7) is 5.44. The molecule has 0 fully saturated rings. The van der Waals surface area contributed by atoms with Gasteiger partial charge < -0.3 is 38.3 Å². The topological polar surface area (TPSA) is 215 Å². The van der Waals surface area contributed by atoms with E-state index in [0.717, 1.165) is 5.56 Å². The number of carboxylic acid groups (broad SMARTS) is 1. The molecule has 3 amide bonds. The van der Waals surface area contributed by atoms with E-state index in [0.29, 0.717) is 25.8 Å². The molecule has 0 aromatic heterocycles. The van der Waals surface area contributed by atoms with Crippen LogP contribution in [0.15, 0.2) is 35.3 Å². The quantitative estimate of drug-likeness (QED) is 0.0908. The van der Waals surface area contributed by atoms with E-state index in [1.807, 2.05) is 19.9 Å². The van der Waals surface area contributed by atoms with E-state index >= 15 is 0 Å². The summed E-state index contributed by atoms with van der Waals surface area (Å²) in [5, 5.41) is 16.9. The fraction of sp³-hybridized carbons (Fsp3) is 0.542. The average Bonchev–Trinajstić information content (AvgIpc) is 2.80. The van der Waals surface area contributed by atoms with Gasteiger partial charge in [-0.05, 0) is 37.7 Å². The van der Waals surface area contributed by atoms with Gasteiger partial charge in [-0.15, -0.1) is 0 Å². The molecule has 1 rings (SSSR count). The van der Waals surface area contributed by atoms with Gasteiger partial charge in [0.05, 0.1) is 6.04 Å². The van der Waals surface area contributed by atoms with Crippen LogP contribution < -0.4 is 33.2 Å². The third-order valence-electron chi connectivity index (χ3n) is 5.29. The molecule has 4 atom stereocenters. The molecule has 0 radical (unpaired) electrons. The third kappa shape index (κ3) is 11.6. The Morgan fingerprint density at radius 3 is 2.06 bits per heavy atom. The van der Waals surface area contributed by atoms with Gasteiger partial charge in [-0.25, -0.2) is 0 Å². The number of benzene rings is 1. The van der Waals surface area contributed by atoms with Crippen LogP contribution >= 0.6 is 0 Å². The van der Waals surface area contributed by atoms with Crippen LogP contribution in [0.1, 0.15) is 45.6 Å². The van der Waals surface area contributed by atoms with Crippen molar-refractivity contribution in [3.63, 3.8) is 0 Å². The minimum atomic E-state index is -1.20. The fourth-order valence-corrected chi connectivity index (χ4v) is 3.34. The first kappa shape index (κ1) is 30.4. The summed E-state index contributed by atoms with van der Waals surface area (Å²) in [5.41, 5.74) is 17.3. The molecule has 0 spiro atoms. The number of nitrogens with zero attached hydrogens (tertiary/aromatic N) is 1. The van der Waals surface area contributed by atoms with Crippen LogP contribution in [-0.2, 0) is 25.6 Å². The molecule has 1 aromatic carbocycles. The Kier molecular flexibility index (Phi) is 12.9. The number of hydrogen-bond donors (Lipinski definition) is 7. The van der Waals surface area contributed by atoms with Gasteiger partial charge in [0.15, 0.2) is 5.96 Å². The molecule has 12 nitrogen and oxygen atoms in total. The monoisotopic (exact) mass is 505 g/mol. The molecule has 200 valence electrons. The van der Waals surface area contributed by atoms with Crippen LogP contribution in [0.3, 0.4) is 0 Å². The number of guanidine groups is 1. The number of carbonyl (C=O) groups is 4. The maximum Gasteiger partial charge on any atom is 0.325 e. The molecule has 10 N–H and O–H groups in total. The molecule has 0 heterocycles. The number of aliphatic imine (C=N–C) groups is 1. The van der Waals surface area contributed by atoms with Gasteiger partial charge in [0, 0.05) is 13.0 Å². The Morgan fingerprint density at radius 2 is 1.50 bits per heavy atom. The largest absolute Gasteiger partial charge is 0.480 e. The van der Waals surface area contributed by atoms with Gasteiger partial charge in [-0.3, -0.25) is 24.2 Å². The molecule has 36 heavy (non-hydrogen) atoms. The molecule has 12 heteroatoms. The summed E-state index contributed by atoms with van der Waals surface area (Å²) < 4.78 is 0. The van der Waals surface area contributed by atoms with Crippen LogP contribution in [0.5, 0.6) is 0 Å². The lowest BCUT2D eigenvalue weighted by Gasteiger charge is -2.25. The summed E-state index contributed by atoms with van der Waals surface area (Å²) in [4.78, 5) is 53.7. The first-order chi connectivity index (χ1) is 16.9. The number of nitrogens with one attached hydrogen (secondary N) is 3. The van der Waals surface area contributed by atoms with Gasteiger partial charge in [-0.1, -0.05) is 44.2 Å². The summed E-state index contributed by atoms with van der Waals surface area (Å²) in [7, 11) is 0. The van der Waals surface area contributed by atoms with Crippen LogP contribution in [-0.4, -0.2) is 65.5 Å².